The van der Waals surface area contributed by atoms with Crippen LogP contribution in [-0.4, -0.2) is 39.3 Å². The quantitative estimate of drug-likeness (QED) is 0.375. The SMILES string of the molecule is CCCc1cn(-c2nccn2C(C)CC)c(=O)n1CC1(c2cccc(-c3nnn[nH]3)c2)C=CNC=C1. The van der Waals surface area contributed by atoms with Gasteiger partial charge in [0.2, 0.25) is 5.95 Å². The molecule has 10 nitrogen and oxygen atoms in total. The molecule has 1 aliphatic heterocycles. The second-order valence-electron chi connectivity index (χ2n) is 9.21. The lowest BCUT2D eigenvalue weighted by Gasteiger charge is -2.31. The Hall–Kier alpha value is -4.21. The lowest BCUT2D eigenvalue weighted by Crippen LogP contribution is -2.36. The van der Waals surface area contributed by atoms with Crippen molar-refractivity contribution in [3.05, 3.63) is 89.1 Å². The van der Waals surface area contributed by atoms with Crippen molar-refractivity contribution in [3.63, 3.8) is 0 Å². The van der Waals surface area contributed by atoms with Gasteiger partial charge in [0, 0.05) is 42.4 Å². The Morgan fingerprint density at radius 3 is 2.72 bits per heavy atom. The predicted molar refractivity (Wildman–Crippen MR) is 138 cm³/mol. The van der Waals surface area contributed by atoms with Gasteiger partial charge in [-0.15, -0.1) is 5.10 Å². The molecule has 0 saturated heterocycles. The number of rotatable bonds is 9. The highest BCUT2D eigenvalue weighted by atomic mass is 16.1. The fraction of sp³-hybridized carbons (Fsp3) is 0.346. The maximum atomic E-state index is 13.9. The summed E-state index contributed by atoms with van der Waals surface area (Å²) in [4.78, 5) is 18.4. The van der Waals surface area contributed by atoms with Gasteiger partial charge in [0.05, 0.1) is 5.41 Å². The Balaban J connectivity index is 1.61. The molecule has 0 spiro atoms. The molecule has 2 N–H and O–H groups in total. The van der Waals surface area contributed by atoms with Crippen molar-refractivity contribution in [2.24, 2.45) is 0 Å². The number of nitrogens with one attached hydrogen (secondary N) is 2. The number of aryl methyl sites for hydroxylation is 1. The number of hydrogen-bond acceptors (Lipinski definition) is 6. The van der Waals surface area contributed by atoms with E-state index in [0.717, 1.165) is 36.1 Å². The van der Waals surface area contributed by atoms with Crippen molar-refractivity contribution in [1.29, 1.82) is 0 Å². The Kier molecular flexibility index (Phi) is 6.41. The van der Waals surface area contributed by atoms with Gasteiger partial charge in [-0.3, -0.25) is 4.57 Å². The van der Waals surface area contributed by atoms with Crippen LogP contribution in [0.25, 0.3) is 17.3 Å². The summed E-state index contributed by atoms with van der Waals surface area (Å²) in [5.74, 6) is 1.25. The van der Waals surface area contributed by atoms with Gasteiger partial charge >= 0.3 is 5.69 Å². The first-order valence-electron chi connectivity index (χ1n) is 12.4. The van der Waals surface area contributed by atoms with E-state index in [-0.39, 0.29) is 11.7 Å². The summed E-state index contributed by atoms with van der Waals surface area (Å²) < 4.78 is 5.65. The van der Waals surface area contributed by atoms with Crippen LogP contribution in [0.3, 0.4) is 0 Å². The minimum absolute atomic E-state index is 0.0931. The Morgan fingerprint density at radius 1 is 1.17 bits per heavy atom. The third-order valence-corrected chi connectivity index (χ3v) is 6.89. The van der Waals surface area contributed by atoms with Crippen molar-refractivity contribution in [3.8, 4) is 17.3 Å². The Labute approximate surface area is 209 Å². The number of tetrazole rings is 1. The smallest absolute Gasteiger partial charge is 0.335 e. The van der Waals surface area contributed by atoms with Crippen LogP contribution in [0.1, 0.15) is 50.9 Å². The van der Waals surface area contributed by atoms with Crippen molar-refractivity contribution >= 4 is 0 Å². The minimum Gasteiger partial charge on any atom is -0.368 e. The zero-order valence-electron chi connectivity index (χ0n) is 20.8. The van der Waals surface area contributed by atoms with Gasteiger partial charge in [-0.05, 0) is 54.2 Å². The topological polar surface area (TPSA) is 111 Å². The highest BCUT2D eigenvalue weighted by molar-refractivity contribution is 5.57. The fourth-order valence-electron chi connectivity index (χ4n) is 4.72. The van der Waals surface area contributed by atoms with Gasteiger partial charge in [-0.2, -0.15) is 0 Å². The summed E-state index contributed by atoms with van der Waals surface area (Å²) in [5.41, 5.74) is 2.26. The van der Waals surface area contributed by atoms with E-state index in [1.165, 1.54) is 0 Å². The molecule has 3 aromatic heterocycles. The summed E-state index contributed by atoms with van der Waals surface area (Å²) in [5, 5.41) is 17.4. The molecule has 5 rings (SSSR count). The maximum absolute atomic E-state index is 13.9. The number of aromatic nitrogens is 8. The van der Waals surface area contributed by atoms with Crippen LogP contribution in [0.4, 0.5) is 0 Å². The highest BCUT2D eigenvalue weighted by Gasteiger charge is 2.31. The van der Waals surface area contributed by atoms with Gasteiger partial charge in [0.1, 0.15) is 0 Å². The van der Waals surface area contributed by atoms with E-state index in [1.54, 1.807) is 10.8 Å². The minimum atomic E-state index is -0.542. The summed E-state index contributed by atoms with van der Waals surface area (Å²) in [6, 6.07) is 8.34. The standard InChI is InChI=1S/C26H31N9O/c1-4-7-22-17-34(24-28-14-15-33(24)19(3)5-2)25(36)35(22)18-26(10-12-27-13-11-26)21-9-6-8-20(16-21)23-29-31-32-30-23/h6,8-17,19,27H,4-5,7,18H2,1-3H3,(H,29,30,31,32). The first-order valence-corrected chi connectivity index (χ1v) is 12.4. The summed E-state index contributed by atoms with van der Waals surface area (Å²) >= 11 is 0. The molecule has 0 bridgehead atoms. The van der Waals surface area contributed by atoms with E-state index >= 15 is 0 Å². The zero-order chi connectivity index (χ0) is 25.1. The van der Waals surface area contributed by atoms with Gasteiger partial charge in [0.25, 0.3) is 0 Å². The molecule has 0 amide bonds. The number of benzene rings is 1. The molecule has 10 heteroatoms. The molecule has 0 fully saturated rings. The number of aromatic amines is 1. The largest absolute Gasteiger partial charge is 0.368 e. The molecular weight excluding hydrogens is 454 g/mol. The molecule has 1 unspecified atom stereocenters. The van der Waals surface area contributed by atoms with Crippen molar-refractivity contribution in [2.75, 3.05) is 0 Å². The van der Waals surface area contributed by atoms with E-state index in [1.807, 2.05) is 41.5 Å². The lowest BCUT2D eigenvalue weighted by molar-refractivity contribution is 0.491. The third-order valence-electron chi connectivity index (χ3n) is 6.89. The average molecular weight is 486 g/mol. The first-order chi connectivity index (χ1) is 17.6. The van der Waals surface area contributed by atoms with E-state index in [0.29, 0.717) is 18.3 Å². The summed E-state index contributed by atoms with van der Waals surface area (Å²) in [7, 11) is 0. The lowest BCUT2D eigenvalue weighted by atomic mass is 9.78. The van der Waals surface area contributed by atoms with E-state index in [4.69, 9.17) is 0 Å². The molecule has 4 aromatic rings. The van der Waals surface area contributed by atoms with Crippen molar-refractivity contribution in [2.45, 2.75) is 58.0 Å². The van der Waals surface area contributed by atoms with E-state index in [2.05, 4.69) is 80.5 Å². The Morgan fingerprint density at radius 2 is 2.00 bits per heavy atom. The molecule has 1 aliphatic rings. The normalized spacial score (nSPS) is 15.2. The van der Waals surface area contributed by atoms with Crippen LogP contribution in [0, 0.1) is 0 Å². The number of nitrogens with zero attached hydrogens (tertiary/aromatic N) is 7. The number of allylic oxidation sites excluding steroid dienone is 2. The maximum Gasteiger partial charge on any atom is 0.335 e. The Bertz CT molecular complexity index is 1430. The predicted octanol–water partition coefficient (Wildman–Crippen LogP) is 3.51. The molecule has 1 aromatic carbocycles. The number of imidazole rings is 2. The first kappa shape index (κ1) is 23.5. The van der Waals surface area contributed by atoms with Crippen LogP contribution >= 0.6 is 0 Å². The van der Waals surface area contributed by atoms with Crippen LogP contribution in [-0.2, 0) is 18.4 Å². The molecule has 0 saturated carbocycles. The molecular formula is C26H31N9O. The fourth-order valence-corrected chi connectivity index (χ4v) is 4.72. The van der Waals surface area contributed by atoms with E-state index in [9.17, 15) is 4.79 Å². The van der Waals surface area contributed by atoms with Crippen LogP contribution in [0.2, 0.25) is 0 Å². The zero-order valence-corrected chi connectivity index (χ0v) is 20.8. The molecule has 186 valence electrons. The van der Waals surface area contributed by atoms with E-state index < -0.39 is 5.41 Å². The number of hydrogen-bond donors (Lipinski definition) is 2. The van der Waals surface area contributed by atoms with Crippen LogP contribution in [0.5, 0.6) is 0 Å². The van der Waals surface area contributed by atoms with Gasteiger partial charge in [0.15, 0.2) is 5.82 Å². The molecule has 36 heavy (non-hydrogen) atoms. The highest BCUT2D eigenvalue weighted by Crippen LogP contribution is 2.33. The number of H-pyrrole nitrogens is 1. The molecule has 0 radical (unpaired) electrons. The van der Waals surface area contributed by atoms with Gasteiger partial charge in [-0.25, -0.2) is 19.4 Å². The van der Waals surface area contributed by atoms with Gasteiger partial charge < -0.3 is 9.88 Å². The van der Waals surface area contributed by atoms with Crippen LogP contribution in [0.15, 0.2) is 72.2 Å². The molecule has 1 atom stereocenters. The van der Waals surface area contributed by atoms with Crippen LogP contribution < -0.4 is 11.0 Å². The van der Waals surface area contributed by atoms with Gasteiger partial charge in [-0.1, -0.05) is 50.6 Å². The average Bonchev–Trinajstić information content (AvgIpc) is 3.67. The number of dihydropyridines is 1. The summed E-state index contributed by atoms with van der Waals surface area (Å²) in [6.45, 7) is 6.84. The third kappa shape index (κ3) is 4.19. The monoisotopic (exact) mass is 485 g/mol. The van der Waals surface area contributed by atoms with Crippen molar-refractivity contribution in [1.82, 2.24) is 44.6 Å². The molecule has 0 aliphatic carbocycles. The van der Waals surface area contributed by atoms with Crippen molar-refractivity contribution < 1.29 is 0 Å². The molecule has 4 heterocycles. The second kappa shape index (κ2) is 9.80. The second-order valence-corrected chi connectivity index (χ2v) is 9.21. The summed E-state index contributed by atoms with van der Waals surface area (Å²) in [6.07, 6.45) is 16.4.